The maximum Gasteiger partial charge on any atom is 0.0532 e. The van der Waals surface area contributed by atoms with Crippen molar-refractivity contribution in [3.8, 4) is 11.1 Å². The molecule has 0 fully saturated rings. The van der Waals surface area contributed by atoms with Crippen LogP contribution in [0.25, 0.3) is 32.5 Å². The molecule has 3 rings (SSSR count). The van der Waals surface area contributed by atoms with Crippen molar-refractivity contribution in [3.05, 3.63) is 64.9 Å². The second kappa shape index (κ2) is 6.55. The highest BCUT2D eigenvalue weighted by Crippen LogP contribution is 2.28. The summed E-state index contributed by atoms with van der Waals surface area (Å²) in [4.78, 5) is 6.96. The van der Waals surface area contributed by atoms with Crippen molar-refractivity contribution >= 4 is 10.9 Å². The Bertz CT molecular complexity index is 858. The first-order valence-electron chi connectivity index (χ1n) is 7.72. The van der Waals surface area contributed by atoms with Gasteiger partial charge in [-0.05, 0) is 46.3 Å². The van der Waals surface area contributed by atoms with Crippen molar-refractivity contribution in [2.75, 3.05) is 0 Å². The van der Waals surface area contributed by atoms with E-state index in [1.165, 1.54) is 11.1 Å². The number of aromatic nitrogens is 2. The van der Waals surface area contributed by atoms with Crippen LogP contribution in [0.3, 0.4) is 0 Å². The molecule has 0 N–H and O–H groups in total. The van der Waals surface area contributed by atoms with Crippen LogP contribution in [0.2, 0.25) is 0 Å². The Kier molecular flexibility index (Phi) is 4.31. The van der Waals surface area contributed by atoms with E-state index in [1.54, 1.807) is 12.4 Å². The normalized spacial score (nSPS) is 10.9. The number of hydrogen-bond donors (Lipinski definition) is 0. The standard InChI is InChI=1S/C18H19N5/c1-13(2)11-23-12-16(10-21-22-19)17-4-3-15(9-18(17)23)14-5-7-20-8-6-14/h3-9,12-13H,10-11H2,1-2H3. The molecule has 2 aromatic heterocycles. The average Bonchev–Trinajstić information content (AvgIpc) is 2.90. The Hall–Kier alpha value is -2.78. The SMILES string of the molecule is CC(C)Cn1cc(CN=[N+]=[N-])c2ccc(-c3ccncc3)cc21. The third-order valence-electron chi connectivity index (χ3n) is 3.84. The number of benzene rings is 1. The quantitative estimate of drug-likeness (QED) is 0.364. The third-order valence-corrected chi connectivity index (χ3v) is 3.84. The van der Waals surface area contributed by atoms with Crippen LogP contribution in [0.1, 0.15) is 19.4 Å². The second-order valence-electron chi connectivity index (χ2n) is 6.06. The van der Waals surface area contributed by atoms with Crippen LogP contribution in [0.15, 0.2) is 54.0 Å². The molecule has 0 atom stereocenters. The molecule has 0 amide bonds. The molecule has 116 valence electrons. The Labute approximate surface area is 135 Å². The van der Waals surface area contributed by atoms with Gasteiger partial charge in [0.2, 0.25) is 0 Å². The zero-order valence-electron chi connectivity index (χ0n) is 13.3. The average molecular weight is 305 g/mol. The maximum absolute atomic E-state index is 8.59. The lowest BCUT2D eigenvalue weighted by molar-refractivity contribution is 0.534. The molecule has 0 radical (unpaired) electrons. The number of azide groups is 1. The van der Waals surface area contributed by atoms with Gasteiger partial charge in [0, 0.05) is 40.9 Å². The second-order valence-corrected chi connectivity index (χ2v) is 6.06. The third kappa shape index (κ3) is 3.20. The van der Waals surface area contributed by atoms with Gasteiger partial charge in [0.15, 0.2) is 0 Å². The smallest absolute Gasteiger partial charge is 0.0532 e. The summed E-state index contributed by atoms with van der Waals surface area (Å²) in [5.74, 6) is 0.544. The van der Waals surface area contributed by atoms with E-state index in [0.717, 1.165) is 23.1 Å². The molecule has 0 aliphatic carbocycles. The van der Waals surface area contributed by atoms with Gasteiger partial charge in [-0.1, -0.05) is 31.1 Å². The molecule has 0 saturated heterocycles. The van der Waals surface area contributed by atoms with Gasteiger partial charge in [-0.15, -0.1) is 0 Å². The van der Waals surface area contributed by atoms with E-state index in [1.807, 2.05) is 12.1 Å². The highest BCUT2D eigenvalue weighted by Gasteiger charge is 2.10. The maximum atomic E-state index is 8.59. The van der Waals surface area contributed by atoms with E-state index >= 15 is 0 Å². The Morgan fingerprint density at radius 1 is 1.17 bits per heavy atom. The van der Waals surface area contributed by atoms with Gasteiger partial charge in [0.25, 0.3) is 0 Å². The topological polar surface area (TPSA) is 66.6 Å². The minimum atomic E-state index is 0.382. The summed E-state index contributed by atoms with van der Waals surface area (Å²) >= 11 is 0. The minimum absolute atomic E-state index is 0.382. The van der Waals surface area contributed by atoms with E-state index in [9.17, 15) is 0 Å². The van der Waals surface area contributed by atoms with E-state index in [2.05, 4.69) is 57.8 Å². The van der Waals surface area contributed by atoms with Gasteiger partial charge in [0.05, 0.1) is 6.54 Å². The molecule has 23 heavy (non-hydrogen) atoms. The number of hydrogen-bond acceptors (Lipinski definition) is 2. The largest absolute Gasteiger partial charge is 0.347 e. The molecule has 5 nitrogen and oxygen atoms in total. The van der Waals surface area contributed by atoms with Crippen LogP contribution >= 0.6 is 0 Å². The fourth-order valence-corrected chi connectivity index (χ4v) is 2.87. The Balaban J connectivity index is 2.13. The van der Waals surface area contributed by atoms with Crippen molar-refractivity contribution in [1.82, 2.24) is 9.55 Å². The molecule has 0 saturated carbocycles. The van der Waals surface area contributed by atoms with Gasteiger partial charge in [0.1, 0.15) is 0 Å². The number of nitrogens with zero attached hydrogens (tertiary/aromatic N) is 5. The van der Waals surface area contributed by atoms with Crippen molar-refractivity contribution < 1.29 is 0 Å². The van der Waals surface area contributed by atoms with Gasteiger partial charge >= 0.3 is 0 Å². The summed E-state index contributed by atoms with van der Waals surface area (Å²) in [5, 5.41) is 4.87. The predicted octanol–water partition coefficient (Wildman–Crippen LogP) is 5.17. The van der Waals surface area contributed by atoms with E-state index in [-0.39, 0.29) is 0 Å². The summed E-state index contributed by atoms with van der Waals surface area (Å²) in [6, 6.07) is 10.4. The number of pyridine rings is 1. The summed E-state index contributed by atoms with van der Waals surface area (Å²) < 4.78 is 2.26. The zero-order chi connectivity index (χ0) is 16.2. The lowest BCUT2D eigenvalue weighted by Gasteiger charge is -2.09. The van der Waals surface area contributed by atoms with Crippen LogP contribution in [0.5, 0.6) is 0 Å². The van der Waals surface area contributed by atoms with Crippen molar-refractivity contribution in [3.63, 3.8) is 0 Å². The fraction of sp³-hybridized carbons (Fsp3) is 0.278. The highest BCUT2D eigenvalue weighted by molar-refractivity contribution is 5.88. The summed E-state index contributed by atoms with van der Waals surface area (Å²) in [5.41, 5.74) is 13.2. The van der Waals surface area contributed by atoms with E-state index in [0.29, 0.717) is 12.5 Å². The molecule has 0 bridgehead atoms. The first-order chi connectivity index (χ1) is 11.2. The minimum Gasteiger partial charge on any atom is -0.347 e. The van der Waals surface area contributed by atoms with Crippen LogP contribution in [0, 0.1) is 5.92 Å². The molecule has 1 aromatic carbocycles. The first kappa shape index (κ1) is 15.1. The summed E-state index contributed by atoms with van der Waals surface area (Å²) in [7, 11) is 0. The highest BCUT2D eigenvalue weighted by atomic mass is 15.1. The molecule has 3 aromatic rings. The molecule has 2 heterocycles. The monoisotopic (exact) mass is 305 g/mol. The fourth-order valence-electron chi connectivity index (χ4n) is 2.87. The van der Waals surface area contributed by atoms with Gasteiger partial charge in [-0.2, -0.15) is 0 Å². The first-order valence-corrected chi connectivity index (χ1v) is 7.72. The van der Waals surface area contributed by atoms with Crippen LogP contribution < -0.4 is 0 Å². The van der Waals surface area contributed by atoms with Gasteiger partial charge in [-0.25, -0.2) is 0 Å². The predicted molar refractivity (Wildman–Crippen MR) is 92.9 cm³/mol. The molecule has 5 heteroatoms. The van der Waals surface area contributed by atoms with Crippen LogP contribution in [-0.4, -0.2) is 9.55 Å². The van der Waals surface area contributed by atoms with Crippen molar-refractivity contribution in [2.45, 2.75) is 26.9 Å². The van der Waals surface area contributed by atoms with Crippen molar-refractivity contribution in [2.24, 2.45) is 11.0 Å². The molecule has 0 aliphatic rings. The van der Waals surface area contributed by atoms with Gasteiger partial charge < -0.3 is 4.57 Å². The molecule has 0 aliphatic heterocycles. The Morgan fingerprint density at radius 3 is 2.65 bits per heavy atom. The summed E-state index contributed by atoms with van der Waals surface area (Å²) in [6.45, 7) is 5.72. The van der Waals surface area contributed by atoms with Gasteiger partial charge in [-0.3, -0.25) is 4.98 Å². The molecular formula is C18H19N5. The molecule has 0 unspecified atom stereocenters. The zero-order valence-corrected chi connectivity index (χ0v) is 13.3. The summed E-state index contributed by atoms with van der Waals surface area (Å²) in [6.07, 6.45) is 5.72. The van der Waals surface area contributed by atoms with E-state index < -0.39 is 0 Å². The van der Waals surface area contributed by atoms with E-state index in [4.69, 9.17) is 5.53 Å². The number of fused-ring (bicyclic) bond motifs is 1. The van der Waals surface area contributed by atoms with Crippen LogP contribution in [-0.2, 0) is 13.1 Å². The van der Waals surface area contributed by atoms with Crippen LogP contribution in [0.4, 0.5) is 0 Å². The lowest BCUT2D eigenvalue weighted by Crippen LogP contribution is -2.02. The lowest BCUT2D eigenvalue weighted by atomic mass is 10.0. The molecular weight excluding hydrogens is 286 g/mol. The Morgan fingerprint density at radius 2 is 1.96 bits per heavy atom. The number of rotatable bonds is 5. The van der Waals surface area contributed by atoms with Crippen molar-refractivity contribution in [1.29, 1.82) is 0 Å². The molecule has 0 spiro atoms.